The SMILES string of the molecule is COc1ccc(O)c(Cc2c(-c3ccccc3)oc3ccccc3c2=O)c1. The number of aromatic hydroxyl groups is 1. The van der Waals surface area contributed by atoms with Gasteiger partial charge in [-0.25, -0.2) is 0 Å². The zero-order chi connectivity index (χ0) is 18.8. The van der Waals surface area contributed by atoms with E-state index >= 15 is 0 Å². The molecule has 0 atom stereocenters. The van der Waals surface area contributed by atoms with E-state index in [1.165, 1.54) is 0 Å². The highest BCUT2D eigenvalue weighted by Crippen LogP contribution is 2.30. The lowest BCUT2D eigenvalue weighted by atomic mass is 9.98. The first-order valence-corrected chi connectivity index (χ1v) is 8.63. The van der Waals surface area contributed by atoms with Crippen molar-refractivity contribution >= 4 is 11.0 Å². The van der Waals surface area contributed by atoms with Gasteiger partial charge in [0, 0.05) is 23.1 Å². The lowest BCUT2D eigenvalue weighted by Gasteiger charge is -2.12. The summed E-state index contributed by atoms with van der Waals surface area (Å²) in [6, 6.07) is 21.7. The molecule has 4 heteroatoms. The second kappa shape index (κ2) is 7.00. The normalized spacial score (nSPS) is 10.9. The molecule has 0 aliphatic heterocycles. The quantitative estimate of drug-likeness (QED) is 0.571. The Kier molecular flexibility index (Phi) is 4.38. The summed E-state index contributed by atoms with van der Waals surface area (Å²) < 4.78 is 11.4. The van der Waals surface area contributed by atoms with Crippen LogP contribution in [0.2, 0.25) is 0 Å². The molecule has 0 aliphatic rings. The first kappa shape index (κ1) is 16.9. The molecule has 4 rings (SSSR count). The highest BCUT2D eigenvalue weighted by atomic mass is 16.5. The minimum Gasteiger partial charge on any atom is -0.508 e. The van der Waals surface area contributed by atoms with Gasteiger partial charge in [-0.05, 0) is 30.3 Å². The van der Waals surface area contributed by atoms with E-state index < -0.39 is 0 Å². The summed E-state index contributed by atoms with van der Waals surface area (Å²) in [7, 11) is 1.57. The summed E-state index contributed by atoms with van der Waals surface area (Å²) >= 11 is 0. The maximum atomic E-state index is 13.2. The lowest BCUT2D eigenvalue weighted by Crippen LogP contribution is -2.12. The summed E-state index contributed by atoms with van der Waals surface area (Å²) in [5.41, 5.74) is 2.37. The fourth-order valence-electron chi connectivity index (χ4n) is 3.18. The van der Waals surface area contributed by atoms with Crippen molar-refractivity contribution in [1.29, 1.82) is 0 Å². The van der Waals surface area contributed by atoms with Crippen LogP contribution in [0.3, 0.4) is 0 Å². The van der Waals surface area contributed by atoms with Gasteiger partial charge >= 0.3 is 0 Å². The van der Waals surface area contributed by atoms with Crippen molar-refractivity contribution in [2.75, 3.05) is 7.11 Å². The van der Waals surface area contributed by atoms with Gasteiger partial charge < -0.3 is 14.3 Å². The Morgan fingerprint density at radius 2 is 1.70 bits per heavy atom. The van der Waals surface area contributed by atoms with Crippen LogP contribution in [0.4, 0.5) is 0 Å². The number of hydrogen-bond acceptors (Lipinski definition) is 4. The molecular weight excluding hydrogens is 340 g/mol. The second-order valence-corrected chi connectivity index (χ2v) is 6.27. The van der Waals surface area contributed by atoms with E-state index in [1.807, 2.05) is 42.5 Å². The van der Waals surface area contributed by atoms with Crippen molar-refractivity contribution in [3.05, 3.63) is 94.1 Å². The van der Waals surface area contributed by atoms with Crippen LogP contribution in [0.15, 0.2) is 82.0 Å². The molecule has 3 aromatic carbocycles. The van der Waals surface area contributed by atoms with Crippen LogP contribution < -0.4 is 10.2 Å². The van der Waals surface area contributed by atoms with E-state index in [0.717, 1.165) is 5.56 Å². The molecule has 1 heterocycles. The highest BCUT2D eigenvalue weighted by molar-refractivity contribution is 5.80. The minimum absolute atomic E-state index is 0.0991. The van der Waals surface area contributed by atoms with Crippen LogP contribution in [0.25, 0.3) is 22.3 Å². The smallest absolute Gasteiger partial charge is 0.196 e. The Balaban J connectivity index is 1.96. The molecule has 4 aromatic rings. The van der Waals surface area contributed by atoms with Gasteiger partial charge in [-0.3, -0.25) is 4.79 Å². The fourth-order valence-corrected chi connectivity index (χ4v) is 3.18. The maximum absolute atomic E-state index is 13.2. The molecule has 27 heavy (non-hydrogen) atoms. The molecule has 0 aliphatic carbocycles. The van der Waals surface area contributed by atoms with Crippen LogP contribution >= 0.6 is 0 Å². The standard InChI is InChI=1S/C23H18O4/c1-26-17-11-12-20(24)16(13-17)14-19-22(25)18-9-5-6-10-21(18)27-23(19)15-7-3-2-4-8-15/h2-13,24H,14H2,1H3. The zero-order valence-electron chi connectivity index (χ0n) is 14.8. The molecule has 0 radical (unpaired) electrons. The Morgan fingerprint density at radius 3 is 2.48 bits per heavy atom. The van der Waals surface area contributed by atoms with Gasteiger partial charge in [-0.2, -0.15) is 0 Å². The van der Waals surface area contributed by atoms with Crippen molar-refractivity contribution in [1.82, 2.24) is 0 Å². The second-order valence-electron chi connectivity index (χ2n) is 6.27. The van der Waals surface area contributed by atoms with E-state index in [4.69, 9.17) is 9.15 Å². The zero-order valence-corrected chi connectivity index (χ0v) is 14.8. The molecule has 0 saturated carbocycles. The molecule has 0 spiro atoms. The van der Waals surface area contributed by atoms with Crippen LogP contribution in [0.1, 0.15) is 11.1 Å². The molecule has 0 bridgehead atoms. The molecule has 0 saturated heterocycles. The topological polar surface area (TPSA) is 59.7 Å². The number of fused-ring (bicyclic) bond motifs is 1. The monoisotopic (exact) mass is 358 g/mol. The van der Waals surface area contributed by atoms with E-state index in [1.54, 1.807) is 37.4 Å². The molecular formula is C23H18O4. The average molecular weight is 358 g/mol. The van der Waals surface area contributed by atoms with Crippen molar-refractivity contribution in [3.63, 3.8) is 0 Å². The van der Waals surface area contributed by atoms with Crippen molar-refractivity contribution in [2.45, 2.75) is 6.42 Å². The Labute approximate surface area is 156 Å². The van der Waals surface area contributed by atoms with E-state index in [0.29, 0.717) is 33.6 Å². The third-order valence-electron chi connectivity index (χ3n) is 4.58. The number of rotatable bonds is 4. The van der Waals surface area contributed by atoms with Gasteiger partial charge in [-0.1, -0.05) is 42.5 Å². The van der Waals surface area contributed by atoms with E-state index in [-0.39, 0.29) is 17.6 Å². The Morgan fingerprint density at radius 1 is 0.963 bits per heavy atom. The Hall–Kier alpha value is -3.53. The van der Waals surface area contributed by atoms with E-state index in [2.05, 4.69) is 0 Å². The number of benzene rings is 3. The van der Waals surface area contributed by atoms with Crippen LogP contribution in [0, 0.1) is 0 Å². The molecule has 0 unspecified atom stereocenters. The molecule has 0 amide bonds. The third kappa shape index (κ3) is 3.17. The summed E-state index contributed by atoms with van der Waals surface area (Å²) in [5, 5.41) is 10.8. The summed E-state index contributed by atoms with van der Waals surface area (Å²) in [4.78, 5) is 13.2. The number of phenolic OH excluding ortho intramolecular Hbond substituents is 1. The van der Waals surface area contributed by atoms with Crippen molar-refractivity contribution in [2.24, 2.45) is 0 Å². The highest BCUT2D eigenvalue weighted by Gasteiger charge is 2.18. The first-order valence-electron chi connectivity index (χ1n) is 8.63. The molecule has 0 fully saturated rings. The number of hydrogen-bond donors (Lipinski definition) is 1. The molecule has 4 nitrogen and oxygen atoms in total. The van der Waals surface area contributed by atoms with Crippen molar-refractivity contribution < 1.29 is 14.3 Å². The third-order valence-corrected chi connectivity index (χ3v) is 4.58. The summed E-state index contributed by atoms with van der Waals surface area (Å²) in [6.07, 6.45) is 0.237. The van der Waals surface area contributed by atoms with Gasteiger partial charge in [0.1, 0.15) is 22.8 Å². The van der Waals surface area contributed by atoms with Crippen LogP contribution in [-0.4, -0.2) is 12.2 Å². The van der Waals surface area contributed by atoms with Gasteiger partial charge in [-0.15, -0.1) is 0 Å². The molecule has 1 N–H and O–H groups in total. The van der Waals surface area contributed by atoms with Crippen molar-refractivity contribution in [3.8, 4) is 22.8 Å². The largest absolute Gasteiger partial charge is 0.508 e. The summed E-state index contributed by atoms with van der Waals surface area (Å²) in [6.45, 7) is 0. The summed E-state index contributed by atoms with van der Waals surface area (Å²) in [5.74, 6) is 1.25. The predicted molar refractivity (Wildman–Crippen MR) is 105 cm³/mol. The van der Waals surface area contributed by atoms with Gasteiger partial charge in [0.2, 0.25) is 0 Å². The molecule has 134 valence electrons. The van der Waals surface area contributed by atoms with Crippen LogP contribution in [0.5, 0.6) is 11.5 Å². The van der Waals surface area contributed by atoms with Gasteiger partial charge in [0.05, 0.1) is 12.5 Å². The molecule has 1 aromatic heterocycles. The number of para-hydroxylation sites is 1. The fraction of sp³-hybridized carbons (Fsp3) is 0.0870. The minimum atomic E-state index is -0.0991. The maximum Gasteiger partial charge on any atom is 0.196 e. The first-order chi connectivity index (χ1) is 13.2. The number of ether oxygens (including phenoxy) is 1. The van der Waals surface area contributed by atoms with Gasteiger partial charge in [0.25, 0.3) is 0 Å². The van der Waals surface area contributed by atoms with Gasteiger partial charge in [0.15, 0.2) is 5.43 Å². The van der Waals surface area contributed by atoms with E-state index in [9.17, 15) is 9.90 Å². The van der Waals surface area contributed by atoms with Crippen LogP contribution in [-0.2, 0) is 6.42 Å². The predicted octanol–water partition coefficient (Wildman–Crippen LogP) is 4.77. The lowest BCUT2D eigenvalue weighted by molar-refractivity contribution is 0.411. The number of methoxy groups -OCH3 is 1. The number of phenols is 1. The Bertz CT molecular complexity index is 1160. The average Bonchev–Trinajstić information content (AvgIpc) is 2.72.